The van der Waals surface area contributed by atoms with E-state index in [1.807, 2.05) is 0 Å². The summed E-state index contributed by atoms with van der Waals surface area (Å²) in [5.74, 6) is -3.06. The average molecular weight is 431 g/mol. The minimum atomic E-state index is -5.25. The zero-order chi connectivity index (χ0) is 20.7. The Balaban J connectivity index is 2.17. The molecule has 0 amide bonds. The summed E-state index contributed by atoms with van der Waals surface area (Å²) in [4.78, 5) is 23.3. The van der Waals surface area contributed by atoms with Crippen LogP contribution in [0.15, 0.2) is 41.8 Å². The minimum absolute atomic E-state index is 0.000441. The van der Waals surface area contributed by atoms with Gasteiger partial charge in [0.2, 0.25) is 5.72 Å². The second-order valence-corrected chi connectivity index (χ2v) is 7.37. The SMILES string of the molecule is O=C(c1cccs1)[C@@H]1[C@@H](c2cccc([N+](=O)[O-])c2)NC(=S)N[C@@]1(O)C(F)(F)F. The van der Waals surface area contributed by atoms with Crippen LogP contribution >= 0.6 is 23.6 Å². The van der Waals surface area contributed by atoms with Crippen molar-refractivity contribution in [2.45, 2.75) is 17.9 Å². The highest BCUT2D eigenvalue weighted by atomic mass is 32.1. The van der Waals surface area contributed by atoms with Crippen molar-refractivity contribution in [2.75, 3.05) is 0 Å². The molecule has 3 N–H and O–H groups in total. The molecular weight excluding hydrogens is 419 g/mol. The Hall–Kier alpha value is -2.57. The number of ketones is 1. The van der Waals surface area contributed by atoms with Gasteiger partial charge in [-0.1, -0.05) is 18.2 Å². The number of nitro benzene ring substituents is 1. The van der Waals surface area contributed by atoms with Gasteiger partial charge in [-0.25, -0.2) is 0 Å². The lowest BCUT2D eigenvalue weighted by Crippen LogP contribution is -2.72. The summed E-state index contributed by atoms with van der Waals surface area (Å²) in [6.45, 7) is 0. The van der Waals surface area contributed by atoms with Gasteiger partial charge >= 0.3 is 6.18 Å². The van der Waals surface area contributed by atoms with E-state index in [0.717, 1.165) is 23.5 Å². The molecule has 7 nitrogen and oxygen atoms in total. The van der Waals surface area contributed by atoms with E-state index in [1.165, 1.54) is 29.6 Å². The molecule has 3 atom stereocenters. The number of rotatable bonds is 4. The largest absolute Gasteiger partial charge is 0.437 e. The zero-order valence-electron chi connectivity index (χ0n) is 13.8. The third-order valence-electron chi connectivity index (χ3n) is 4.29. The van der Waals surface area contributed by atoms with E-state index >= 15 is 0 Å². The lowest BCUT2D eigenvalue weighted by molar-refractivity contribution is -0.385. The quantitative estimate of drug-likeness (QED) is 0.296. The predicted molar refractivity (Wildman–Crippen MR) is 97.9 cm³/mol. The first-order chi connectivity index (χ1) is 13.0. The van der Waals surface area contributed by atoms with Crippen LogP contribution in [0.2, 0.25) is 0 Å². The van der Waals surface area contributed by atoms with Crippen LogP contribution in [0, 0.1) is 16.0 Å². The van der Waals surface area contributed by atoms with Gasteiger partial charge in [0.05, 0.1) is 15.8 Å². The van der Waals surface area contributed by atoms with Crippen molar-refractivity contribution in [1.82, 2.24) is 10.6 Å². The fourth-order valence-corrected chi connectivity index (χ4v) is 4.01. The second-order valence-electron chi connectivity index (χ2n) is 6.01. The van der Waals surface area contributed by atoms with Gasteiger partial charge in [0.15, 0.2) is 10.9 Å². The Morgan fingerprint density at radius 2 is 2.04 bits per heavy atom. The number of nitrogens with zero attached hydrogens (tertiary/aromatic N) is 1. The number of carbonyl (C=O) groups excluding carboxylic acids is 1. The molecule has 1 aliphatic rings. The second kappa shape index (κ2) is 7.11. The summed E-state index contributed by atoms with van der Waals surface area (Å²) in [5.41, 5.74) is -4.02. The van der Waals surface area contributed by atoms with E-state index in [0.29, 0.717) is 0 Å². The number of hydrogen-bond donors (Lipinski definition) is 3. The van der Waals surface area contributed by atoms with Crippen molar-refractivity contribution in [1.29, 1.82) is 0 Å². The van der Waals surface area contributed by atoms with E-state index < -0.39 is 39.7 Å². The number of Topliss-reactive ketones (excluding diaryl/α,β-unsaturated/α-hetero) is 1. The standard InChI is InChI=1S/C16H12F3N3O4S2/c17-16(18,19)15(24)11(13(23)10-5-2-6-28-10)12(20-14(27)21-15)8-3-1-4-9(7-8)22(25)26/h1-7,11-12,24H,(H2,20,21,27)/t11-,12+,15-/m0/s1. The van der Waals surface area contributed by atoms with Gasteiger partial charge in [-0.3, -0.25) is 14.9 Å². The molecule has 1 aromatic carbocycles. The molecular formula is C16H12F3N3O4S2. The molecule has 3 rings (SSSR count). The number of aliphatic hydroxyl groups is 1. The number of thiocarbonyl (C=S) groups is 1. The number of nitrogens with one attached hydrogen (secondary N) is 2. The number of benzene rings is 1. The highest BCUT2D eigenvalue weighted by Gasteiger charge is 2.65. The molecule has 1 aliphatic heterocycles. The molecule has 0 aliphatic carbocycles. The minimum Gasteiger partial charge on any atom is -0.363 e. The van der Waals surface area contributed by atoms with Crippen molar-refractivity contribution in [3.8, 4) is 0 Å². The topological polar surface area (TPSA) is 104 Å². The fraction of sp³-hybridized carbons (Fsp3) is 0.250. The molecule has 0 radical (unpaired) electrons. The van der Waals surface area contributed by atoms with E-state index in [2.05, 4.69) is 5.32 Å². The van der Waals surface area contributed by atoms with Gasteiger partial charge in [-0.2, -0.15) is 13.2 Å². The van der Waals surface area contributed by atoms with Crippen LogP contribution in [0.1, 0.15) is 21.3 Å². The first-order valence-electron chi connectivity index (χ1n) is 7.74. The summed E-state index contributed by atoms with van der Waals surface area (Å²) in [6, 6.07) is 6.17. The predicted octanol–water partition coefficient (Wildman–Crippen LogP) is 2.93. The third-order valence-corrected chi connectivity index (χ3v) is 5.40. The van der Waals surface area contributed by atoms with Gasteiger partial charge in [0, 0.05) is 12.1 Å². The number of carbonyl (C=O) groups is 1. The van der Waals surface area contributed by atoms with Crippen molar-refractivity contribution >= 4 is 40.1 Å². The van der Waals surface area contributed by atoms with E-state index in [9.17, 15) is 33.2 Å². The van der Waals surface area contributed by atoms with Crippen LogP contribution in [-0.2, 0) is 0 Å². The molecule has 1 saturated heterocycles. The summed E-state index contributed by atoms with van der Waals surface area (Å²) in [7, 11) is 0. The van der Waals surface area contributed by atoms with Crippen molar-refractivity contribution in [2.24, 2.45) is 5.92 Å². The van der Waals surface area contributed by atoms with Crippen LogP contribution in [-0.4, -0.2) is 32.8 Å². The van der Waals surface area contributed by atoms with Crippen molar-refractivity contribution < 1.29 is 28.0 Å². The average Bonchev–Trinajstić information content (AvgIpc) is 3.14. The van der Waals surface area contributed by atoms with E-state index in [4.69, 9.17) is 12.2 Å². The van der Waals surface area contributed by atoms with Crippen LogP contribution < -0.4 is 10.6 Å². The summed E-state index contributed by atoms with van der Waals surface area (Å²) in [5, 5.41) is 26.8. The highest BCUT2D eigenvalue weighted by molar-refractivity contribution is 7.80. The Morgan fingerprint density at radius 3 is 2.61 bits per heavy atom. The number of nitro groups is 1. The molecule has 2 heterocycles. The zero-order valence-corrected chi connectivity index (χ0v) is 15.4. The molecule has 0 spiro atoms. The molecule has 0 saturated carbocycles. The monoisotopic (exact) mass is 431 g/mol. The van der Waals surface area contributed by atoms with Gasteiger partial charge in [0.25, 0.3) is 5.69 Å². The van der Waals surface area contributed by atoms with Gasteiger partial charge in [-0.15, -0.1) is 11.3 Å². The lowest BCUT2D eigenvalue weighted by atomic mass is 9.78. The fourth-order valence-electron chi connectivity index (χ4n) is 3.02. The molecule has 148 valence electrons. The van der Waals surface area contributed by atoms with E-state index in [1.54, 1.807) is 5.32 Å². The number of halogens is 3. The Morgan fingerprint density at radius 1 is 1.32 bits per heavy atom. The smallest absolute Gasteiger partial charge is 0.363 e. The maximum atomic E-state index is 13.8. The van der Waals surface area contributed by atoms with Crippen LogP contribution in [0.25, 0.3) is 0 Å². The molecule has 1 fully saturated rings. The molecule has 1 aromatic heterocycles. The van der Waals surface area contributed by atoms with Crippen molar-refractivity contribution in [3.63, 3.8) is 0 Å². The summed E-state index contributed by atoms with van der Waals surface area (Å²) >= 11 is 5.72. The van der Waals surface area contributed by atoms with Crippen molar-refractivity contribution in [3.05, 3.63) is 62.3 Å². The normalized spacial score (nSPS) is 24.9. The first kappa shape index (κ1) is 20.2. The summed E-state index contributed by atoms with van der Waals surface area (Å²) in [6.07, 6.45) is -5.25. The Bertz CT molecular complexity index is 935. The Kier molecular flexibility index (Phi) is 5.12. The Labute approximate surface area is 165 Å². The van der Waals surface area contributed by atoms with Gasteiger partial charge < -0.3 is 15.7 Å². The molecule has 28 heavy (non-hydrogen) atoms. The maximum absolute atomic E-state index is 13.8. The number of alkyl halides is 3. The first-order valence-corrected chi connectivity index (χ1v) is 9.03. The van der Waals surface area contributed by atoms with E-state index in [-0.39, 0.29) is 16.1 Å². The number of thiophene rings is 1. The van der Waals surface area contributed by atoms with Crippen LogP contribution in [0.4, 0.5) is 18.9 Å². The maximum Gasteiger partial charge on any atom is 0.437 e. The number of non-ortho nitro benzene ring substituents is 1. The third kappa shape index (κ3) is 3.45. The summed E-state index contributed by atoms with van der Waals surface area (Å²) < 4.78 is 41.4. The molecule has 12 heteroatoms. The molecule has 0 unspecified atom stereocenters. The lowest BCUT2D eigenvalue weighted by Gasteiger charge is -2.46. The number of hydrogen-bond acceptors (Lipinski definition) is 6. The molecule has 0 bridgehead atoms. The van der Waals surface area contributed by atoms with Gasteiger partial charge in [0.1, 0.15) is 5.92 Å². The van der Waals surface area contributed by atoms with Gasteiger partial charge in [-0.05, 0) is 29.2 Å². The van der Waals surface area contributed by atoms with Crippen LogP contribution in [0.3, 0.4) is 0 Å². The highest BCUT2D eigenvalue weighted by Crippen LogP contribution is 2.44. The molecule has 2 aromatic rings. The van der Waals surface area contributed by atoms with Crippen LogP contribution in [0.5, 0.6) is 0 Å².